The van der Waals surface area contributed by atoms with Gasteiger partial charge < -0.3 is 14.8 Å². The van der Waals surface area contributed by atoms with Crippen LogP contribution in [0.15, 0.2) is 35.7 Å². The van der Waals surface area contributed by atoms with E-state index in [1.807, 2.05) is 42.6 Å². The van der Waals surface area contributed by atoms with Crippen LogP contribution in [0.3, 0.4) is 0 Å². The third-order valence-electron chi connectivity index (χ3n) is 3.99. The number of fused-ring (bicyclic) bond motifs is 1. The molecule has 1 unspecified atom stereocenters. The first-order chi connectivity index (χ1) is 12.5. The fraction of sp³-hybridized carbons (Fsp3) is 0.278. The van der Waals surface area contributed by atoms with E-state index in [1.54, 1.807) is 0 Å². The minimum Gasteiger partial charge on any atom is -0.468 e. The maximum atomic E-state index is 12.3. The Balaban J connectivity index is 2.01. The Kier molecular flexibility index (Phi) is 5.53. The number of benzene rings is 1. The molecule has 6 nitrogen and oxygen atoms in total. The molecule has 8 heteroatoms. The molecular formula is C18H18N2O4S2. The van der Waals surface area contributed by atoms with Crippen LogP contribution in [0.25, 0.3) is 10.2 Å². The highest BCUT2D eigenvalue weighted by atomic mass is 32.1. The number of aromatic nitrogens is 1. The summed E-state index contributed by atoms with van der Waals surface area (Å²) < 4.78 is 10.7. The van der Waals surface area contributed by atoms with Crippen LogP contribution >= 0.6 is 22.7 Å². The van der Waals surface area contributed by atoms with Crippen LogP contribution in [0.1, 0.15) is 16.5 Å². The highest BCUT2D eigenvalue weighted by Gasteiger charge is 2.39. The Morgan fingerprint density at radius 1 is 1.12 bits per heavy atom. The highest BCUT2D eigenvalue weighted by Crippen LogP contribution is 2.35. The summed E-state index contributed by atoms with van der Waals surface area (Å²) in [4.78, 5) is 30.0. The number of para-hydroxylation sites is 1. The van der Waals surface area contributed by atoms with E-state index in [2.05, 4.69) is 10.3 Å². The zero-order valence-corrected chi connectivity index (χ0v) is 16.1. The lowest BCUT2D eigenvalue weighted by Crippen LogP contribution is -2.35. The lowest BCUT2D eigenvalue weighted by Gasteiger charge is -2.23. The minimum atomic E-state index is -1.13. The van der Waals surface area contributed by atoms with Crippen LogP contribution in [0, 0.1) is 12.8 Å². The Hall–Kier alpha value is -2.45. The largest absolute Gasteiger partial charge is 0.468 e. The van der Waals surface area contributed by atoms with Crippen LogP contribution in [0.2, 0.25) is 0 Å². The summed E-state index contributed by atoms with van der Waals surface area (Å²) in [7, 11) is 2.51. The maximum absolute atomic E-state index is 12.3. The van der Waals surface area contributed by atoms with Gasteiger partial charge >= 0.3 is 11.9 Å². The third kappa shape index (κ3) is 3.56. The number of carbonyl (C=O) groups is 2. The molecule has 0 saturated carbocycles. The standard InChI is InChI=1S/C18H18N2O4S2/c1-10-6-4-7-12-14(10)19-18(26-12)20-15(11-8-5-9-25-11)13(16(21)23-2)17(22)24-3/h4-9,13,15H,1-3H3,(H,19,20). The van der Waals surface area contributed by atoms with Crippen molar-refractivity contribution in [1.29, 1.82) is 0 Å². The van der Waals surface area contributed by atoms with Gasteiger partial charge in [-0.1, -0.05) is 29.5 Å². The number of esters is 2. The van der Waals surface area contributed by atoms with Gasteiger partial charge in [0.2, 0.25) is 0 Å². The van der Waals surface area contributed by atoms with Crippen LogP contribution in [-0.4, -0.2) is 31.1 Å². The molecule has 0 aliphatic rings. The van der Waals surface area contributed by atoms with Crippen molar-refractivity contribution in [2.45, 2.75) is 13.0 Å². The summed E-state index contributed by atoms with van der Waals surface area (Å²) in [5.41, 5.74) is 1.97. The van der Waals surface area contributed by atoms with Crippen molar-refractivity contribution in [2.75, 3.05) is 19.5 Å². The molecule has 2 aromatic heterocycles. The Morgan fingerprint density at radius 3 is 2.42 bits per heavy atom. The van der Waals surface area contributed by atoms with Crippen molar-refractivity contribution in [3.8, 4) is 0 Å². The number of hydrogen-bond donors (Lipinski definition) is 1. The summed E-state index contributed by atoms with van der Waals surface area (Å²) in [5, 5.41) is 5.76. The number of thiophene rings is 1. The monoisotopic (exact) mass is 390 g/mol. The number of rotatable bonds is 6. The first-order valence-electron chi connectivity index (χ1n) is 7.87. The van der Waals surface area contributed by atoms with Crippen molar-refractivity contribution in [1.82, 2.24) is 4.98 Å². The quantitative estimate of drug-likeness (QED) is 0.510. The smallest absolute Gasteiger partial charge is 0.322 e. The molecule has 1 aromatic carbocycles. The third-order valence-corrected chi connectivity index (χ3v) is 5.90. The number of thiazole rings is 1. The molecule has 1 N–H and O–H groups in total. The molecular weight excluding hydrogens is 372 g/mol. The van der Waals surface area contributed by atoms with Crippen LogP contribution in [0.5, 0.6) is 0 Å². The van der Waals surface area contributed by atoms with Crippen molar-refractivity contribution >= 4 is 50.0 Å². The summed E-state index contributed by atoms with van der Waals surface area (Å²) in [6.07, 6.45) is 0. The second-order valence-electron chi connectivity index (χ2n) is 5.60. The molecule has 0 fully saturated rings. The summed E-state index contributed by atoms with van der Waals surface area (Å²) in [5.74, 6) is -2.43. The molecule has 26 heavy (non-hydrogen) atoms. The van der Waals surface area contributed by atoms with Gasteiger partial charge in [-0.25, -0.2) is 4.98 Å². The molecule has 136 valence electrons. The van der Waals surface area contributed by atoms with E-state index in [0.717, 1.165) is 20.7 Å². The molecule has 2 heterocycles. The molecule has 0 bridgehead atoms. The topological polar surface area (TPSA) is 77.5 Å². The van der Waals surface area contributed by atoms with E-state index >= 15 is 0 Å². The number of anilines is 1. The predicted molar refractivity (Wildman–Crippen MR) is 103 cm³/mol. The average Bonchev–Trinajstić information content (AvgIpc) is 3.30. The maximum Gasteiger partial charge on any atom is 0.322 e. The lowest BCUT2D eigenvalue weighted by atomic mass is 9.98. The van der Waals surface area contributed by atoms with Crippen molar-refractivity contribution in [3.63, 3.8) is 0 Å². The van der Waals surface area contributed by atoms with Gasteiger partial charge in [-0.05, 0) is 30.0 Å². The van der Waals surface area contributed by atoms with E-state index < -0.39 is 23.9 Å². The van der Waals surface area contributed by atoms with E-state index in [1.165, 1.54) is 36.9 Å². The number of carbonyl (C=O) groups excluding carboxylic acids is 2. The van der Waals surface area contributed by atoms with Crippen LogP contribution in [-0.2, 0) is 19.1 Å². The van der Waals surface area contributed by atoms with Crippen molar-refractivity contribution < 1.29 is 19.1 Å². The molecule has 0 aliphatic heterocycles. The molecule has 0 saturated heterocycles. The van der Waals surface area contributed by atoms with Crippen LogP contribution in [0.4, 0.5) is 5.13 Å². The van der Waals surface area contributed by atoms with E-state index in [9.17, 15) is 9.59 Å². The molecule has 0 spiro atoms. The van der Waals surface area contributed by atoms with Gasteiger partial charge in [0.05, 0.1) is 30.5 Å². The van der Waals surface area contributed by atoms with Crippen LogP contribution < -0.4 is 5.32 Å². The normalized spacial score (nSPS) is 12.2. The molecule has 3 aromatic rings. The molecule has 0 radical (unpaired) electrons. The van der Waals surface area contributed by atoms with Gasteiger partial charge in [0.25, 0.3) is 0 Å². The summed E-state index contributed by atoms with van der Waals surface area (Å²) >= 11 is 2.91. The van der Waals surface area contributed by atoms with E-state index in [4.69, 9.17) is 9.47 Å². The number of methoxy groups -OCH3 is 2. The number of ether oxygens (including phenoxy) is 2. The number of nitrogens with zero attached hydrogens (tertiary/aromatic N) is 1. The van der Waals surface area contributed by atoms with Crippen molar-refractivity contribution in [2.24, 2.45) is 5.92 Å². The molecule has 3 rings (SSSR count). The lowest BCUT2D eigenvalue weighted by molar-refractivity contribution is -0.159. The first-order valence-corrected chi connectivity index (χ1v) is 9.56. The Labute approximate surface area is 158 Å². The summed E-state index contributed by atoms with van der Waals surface area (Å²) in [6, 6.07) is 9.05. The van der Waals surface area contributed by atoms with Gasteiger partial charge in [0, 0.05) is 4.88 Å². The minimum absolute atomic E-state index is 0.629. The second kappa shape index (κ2) is 7.84. The number of hydrogen-bond acceptors (Lipinski definition) is 8. The van der Waals surface area contributed by atoms with Gasteiger partial charge in [-0.3, -0.25) is 9.59 Å². The number of aryl methyl sites for hydroxylation is 1. The molecule has 0 aliphatic carbocycles. The Morgan fingerprint density at radius 2 is 1.85 bits per heavy atom. The molecule has 1 atom stereocenters. The van der Waals surface area contributed by atoms with Gasteiger partial charge in [0.15, 0.2) is 11.0 Å². The summed E-state index contributed by atoms with van der Waals surface area (Å²) in [6.45, 7) is 1.99. The highest BCUT2D eigenvalue weighted by molar-refractivity contribution is 7.22. The average molecular weight is 390 g/mol. The van der Waals surface area contributed by atoms with E-state index in [0.29, 0.717) is 5.13 Å². The van der Waals surface area contributed by atoms with Crippen molar-refractivity contribution in [3.05, 3.63) is 46.2 Å². The SMILES string of the molecule is COC(=O)C(C(=O)OC)C(Nc1nc2c(C)cccc2s1)c1cccs1. The zero-order chi connectivity index (χ0) is 18.7. The fourth-order valence-corrected chi connectivity index (χ4v) is 4.48. The van der Waals surface area contributed by atoms with Gasteiger partial charge in [-0.15, -0.1) is 11.3 Å². The predicted octanol–water partition coefficient (Wildman–Crippen LogP) is 3.78. The zero-order valence-electron chi connectivity index (χ0n) is 14.5. The van der Waals surface area contributed by atoms with Gasteiger partial charge in [-0.2, -0.15) is 0 Å². The fourth-order valence-electron chi connectivity index (χ4n) is 2.69. The second-order valence-corrected chi connectivity index (χ2v) is 7.61. The molecule has 0 amide bonds. The Bertz CT molecular complexity index is 905. The van der Waals surface area contributed by atoms with E-state index in [-0.39, 0.29) is 0 Å². The first kappa shape index (κ1) is 18.3. The number of nitrogens with one attached hydrogen (secondary N) is 1. The van der Waals surface area contributed by atoms with Gasteiger partial charge in [0.1, 0.15) is 0 Å².